The van der Waals surface area contributed by atoms with Crippen LogP contribution in [0.2, 0.25) is 0 Å². The van der Waals surface area contributed by atoms with Crippen LogP contribution in [0.4, 0.5) is 5.69 Å². The van der Waals surface area contributed by atoms with Crippen molar-refractivity contribution in [2.24, 2.45) is 0 Å². The number of hydrogen-bond donors (Lipinski definition) is 0. The first-order valence-electron chi connectivity index (χ1n) is 5.86. The zero-order chi connectivity index (χ0) is 13.1. The Morgan fingerprint density at radius 2 is 2.11 bits per heavy atom. The largest absolute Gasteiger partial charge is 0.462 e. The van der Waals surface area contributed by atoms with Gasteiger partial charge in [-0.2, -0.15) is 0 Å². The van der Waals surface area contributed by atoms with Gasteiger partial charge in [-0.3, -0.25) is 4.98 Å². The van der Waals surface area contributed by atoms with Crippen molar-refractivity contribution >= 4 is 22.6 Å². The zero-order valence-electron chi connectivity index (χ0n) is 10.8. The van der Waals surface area contributed by atoms with Crippen LogP contribution in [0.15, 0.2) is 30.5 Å². The second-order valence-corrected chi connectivity index (χ2v) is 4.22. The Labute approximate surface area is 106 Å². The van der Waals surface area contributed by atoms with Gasteiger partial charge in [0.2, 0.25) is 0 Å². The van der Waals surface area contributed by atoms with Crippen LogP contribution in [0.1, 0.15) is 17.3 Å². The maximum atomic E-state index is 11.6. The molecule has 0 N–H and O–H groups in total. The average Bonchev–Trinajstić information content (AvgIpc) is 2.37. The lowest BCUT2D eigenvalue weighted by molar-refractivity contribution is 0.0526. The molecule has 2 aromatic rings. The molecule has 4 nitrogen and oxygen atoms in total. The lowest BCUT2D eigenvalue weighted by atomic mass is 10.1. The van der Waals surface area contributed by atoms with Crippen molar-refractivity contribution in [2.45, 2.75) is 6.92 Å². The Hall–Kier alpha value is -2.10. The van der Waals surface area contributed by atoms with E-state index in [1.807, 2.05) is 37.2 Å². The van der Waals surface area contributed by atoms with Gasteiger partial charge in [-0.05, 0) is 25.1 Å². The molecule has 0 fully saturated rings. The number of rotatable bonds is 3. The van der Waals surface area contributed by atoms with E-state index < -0.39 is 0 Å². The normalized spacial score (nSPS) is 10.4. The predicted molar refractivity (Wildman–Crippen MR) is 72.0 cm³/mol. The maximum Gasteiger partial charge on any atom is 0.339 e. The quantitative estimate of drug-likeness (QED) is 0.778. The van der Waals surface area contributed by atoms with Crippen LogP contribution in [0.5, 0.6) is 0 Å². The van der Waals surface area contributed by atoms with Gasteiger partial charge in [-0.1, -0.05) is 6.07 Å². The van der Waals surface area contributed by atoms with Gasteiger partial charge in [0, 0.05) is 31.4 Å². The minimum atomic E-state index is -0.330. The van der Waals surface area contributed by atoms with Crippen LogP contribution < -0.4 is 4.90 Å². The summed E-state index contributed by atoms with van der Waals surface area (Å²) in [5.74, 6) is -0.330. The highest BCUT2D eigenvalue weighted by molar-refractivity contribution is 5.94. The molecule has 0 radical (unpaired) electrons. The zero-order valence-corrected chi connectivity index (χ0v) is 10.8. The van der Waals surface area contributed by atoms with Gasteiger partial charge in [-0.15, -0.1) is 0 Å². The van der Waals surface area contributed by atoms with Crippen molar-refractivity contribution in [1.29, 1.82) is 0 Å². The molecular weight excluding hydrogens is 228 g/mol. The van der Waals surface area contributed by atoms with Gasteiger partial charge in [0.15, 0.2) is 0 Å². The highest BCUT2D eigenvalue weighted by Crippen LogP contribution is 2.20. The lowest BCUT2D eigenvalue weighted by Crippen LogP contribution is -2.08. The molecule has 2 rings (SSSR count). The van der Waals surface area contributed by atoms with Crippen molar-refractivity contribution in [3.05, 3.63) is 36.0 Å². The molecular formula is C14H16N2O2. The molecule has 0 saturated heterocycles. The van der Waals surface area contributed by atoms with E-state index in [1.165, 1.54) is 0 Å². The standard InChI is InChI=1S/C14H16N2O2/c1-4-18-14(17)11-7-10-5-6-12(16(2)3)8-13(10)15-9-11/h5-9H,4H2,1-3H3. The van der Waals surface area contributed by atoms with Gasteiger partial charge in [0.05, 0.1) is 17.7 Å². The molecule has 0 aliphatic rings. The first-order valence-corrected chi connectivity index (χ1v) is 5.86. The van der Waals surface area contributed by atoms with Gasteiger partial charge in [0.25, 0.3) is 0 Å². The molecule has 0 aliphatic carbocycles. The monoisotopic (exact) mass is 244 g/mol. The topological polar surface area (TPSA) is 42.4 Å². The van der Waals surface area contributed by atoms with E-state index in [2.05, 4.69) is 4.98 Å². The number of carbonyl (C=O) groups is 1. The highest BCUT2D eigenvalue weighted by atomic mass is 16.5. The van der Waals surface area contributed by atoms with Crippen molar-refractivity contribution in [3.8, 4) is 0 Å². The molecule has 1 aromatic heterocycles. The second kappa shape index (κ2) is 5.04. The molecule has 1 heterocycles. The van der Waals surface area contributed by atoms with Gasteiger partial charge in [-0.25, -0.2) is 4.79 Å². The van der Waals surface area contributed by atoms with Crippen LogP contribution in [0.25, 0.3) is 10.9 Å². The number of hydrogen-bond acceptors (Lipinski definition) is 4. The summed E-state index contributed by atoms with van der Waals surface area (Å²) in [7, 11) is 3.96. The smallest absolute Gasteiger partial charge is 0.339 e. The van der Waals surface area contributed by atoms with Crippen molar-refractivity contribution in [3.63, 3.8) is 0 Å². The van der Waals surface area contributed by atoms with E-state index in [-0.39, 0.29) is 5.97 Å². The Morgan fingerprint density at radius 3 is 2.78 bits per heavy atom. The number of fused-ring (bicyclic) bond motifs is 1. The first kappa shape index (κ1) is 12.4. The number of nitrogens with zero attached hydrogens (tertiary/aromatic N) is 2. The number of esters is 1. The molecule has 94 valence electrons. The number of carbonyl (C=O) groups excluding carboxylic acids is 1. The highest BCUT2D eigenvalue weighted by Gasteiger charge is 2.08. The summed E-state index contributed by atoms with van der Waals surface area (Å²) >= 11 is 0. The summed E-state index contributed by atoms with van der Waals surface area (Å²) < 4.78 is 4.95. The van der Waals surface area contributed by atoms with Crippen molar-refractivity contribution < 1.29 is 9.53 Å². The molecule has 0 unspecified atom stereocenters. The van der Waals surface area contributed by atoms with Crippen molar-refractivity contribution in [2.75, 3.05) is 25.6 Å². The molecule has 0 saturated carbocycles. The van der Waals surface area contributed by atoms with Crippen LogP contribution in [0, 0.1) is 0 Å². The first-order chi connectivity index (χ1) is 8.61. The number of aromatic nitrogens is 1. The van der Waals surface area contributed by atoms with E-state index in [4.69, 9.17) is 4.74 Å². The Balaban J connectivity index is 2.41. The fourth-order valence-corrected chi connectivity index (χ4v) is 1.71. The number of anilines is 1. The summed E-state index contributed by atoms with van der Waals surface area (Å²) in [5.41, 5.74) is 2.44. The lowest BCUT2D eigenvalue weighted by Gasteiger charge is -2.12. The third-order valence-corrected chi connectivity index (χ3v) is 2.70. The summed E-state index contributed by atoms with van der Waals surface area (Å²) in [5, 5.41) is 0.936. The Bertz CT molecular complexity index is 579. The summed E-state index contributed by atoms with van der Waals surface area (Å²) in [6, 6.07) is 7.75. The predicted octanol–water partition coefficient (Wildman–Crippen LogP) is 2.48. The van der Waals surface area contributed by atoms with Crippen LogP contribution in [0.3, 0.4) is 0 Å². The molecule has 0 amide bonds. The van der Waals surface area contributed by atoms with Gasteiger partial charge < -0.3 is 9.64 Å². The minimum Gasteiger partial charge on any atom is -0.462 e. The molecule has 4 heteroatoms. The minimum absolute atomic E-state index is 0.330. The Morgan fingerprint density at radius 1 is 1.33 bits per heavy atom. The van der Waals surface area contributed by atoms with E-state index in [9.17, 15) is 4.79 Å². The summed E-state index contributed by atoms with van der Waals surface area (Å²) in [6.45, 7) is 2.16. The van der Waals surface area contributed by atoms with Crippen LogP contribution in [-0.4, -0.2) is 31.7 Å². The number of pyridine rings is 1. The van der Waals surface area contributed by atoms with Crippen LogP contribution >= 0.6 is 0 Å². The second-order valence-electron chi connectivity index (χ2n) is 4.22. The van der Waals surface area contributed by atoms with E-state index in [0.29, 0.717) is 12.2 Å². The fourth-order valence-electron chi connectivity index (χ4n) is 1.71. The number of benzene rings is 1. The van der Waals surface area contributed by atoms with E-state index in [1.54, 1.807) is 19.2 Å². The third kappa shape index (κ3) is 2.42. The van der Waals surface area contributed by atoms with Crippen LogP contribution in [-0.2, 0) is 4.74 Å². The van der Waals surface area contributed by atoms with Gasteiger partial charge in [0.1, 0.15) is 0 Å². The number of ether oxygens (including phenoxy) is 1. The molecule has 18 heavy (non-hydrogen) atoms. The summed E-state index contributed by atoms with van der Waals surface area (Å²) in [4.78, 5) is 17.9. The third-order valence-electron chi connectivity index (χ3n) is 2.70. The molecule has 1 aromatic carbocycles. The van der Waals surface area contributed by atoms with Crippen molar-refractivity contribution in [1.82, 2.24) is 4.98 Å². The molecule has 0 spiro atoms. The fraction of sp³-hybridized carbons (Fsp3) is 0.286. The average molecular weight is 244 g/mol. The molecule has 0 aliphatic heterocycles. The Kier molecular flexibility index (Phi) is 3.46. The molecule has 0 bridgehead atoms. The summed E-state index contributed by atoms with van der Waals surface area (Å²) in [6.07, 6.45) is 1.56. The molecule has 0 atom stereocenters. The SMILES string of the molecule is CCOC(=O)c1cnc2cc(N(C)C)ccc2c1. The van der Waals surface area contributed by atoms with E-state index in [0.717, 1.165) is 16.6 Å². The van der Waals surface area contributed by atoms with Gasteiger partial charge >= 0.3 is 5.97 Å². The maximum absolute atomic E-state index is 11.6. The van der Waals surface area contributed by atoms with E-state index >= 15 is 0 Å².